The molecule has 12 heteroatoms. The third-order valence-electron chi connectivity index (χ3n) is 0.684. The molecule has 0 bridgehead atoms. The van der Waals surface area contributed by atoms with E-state index in [1.54, 1.807) is 0 Å². The fourth-order valence-electron chi connectivity index (χ4n) is 0.370. The molecule has 0 rings (SSSR count). The zero-order chi connectivity index (χ0) is 13.2. The van der Waals surface area contributed by atoms with Gasteiger partial charge in [-0.25, -0.2) is 9.13 Å². The molecule has 0 aliphatic carbocycles. The molecule has 0 amide bonds. The van der Waals surface area contributed by atoms with Crippen LogP contribution in [0.3, 0.4) is 0 Å². The molecule has 0 aliphatic heterocycles. The number of aliphatic hydroxyl groups excluding tert-OH is 2. The fourth-order valence-corrected chi connectivity index (χ4v) is 1.48. The average molecular weight is 284 g/mol. The second-order valence-corrected chi connectivity index (χ2v) is 4.74. The van der Waals surface area contributed by atoms with Crippen LogP contribution >= 0.6 is 15.6 Å². The molecule has 0 saturated carbocycles. The van der Waals surface area contributed by atoms with Crippen molar-refractivity contribution in [2.24, 2.45) is 0 Å². The predicted molar refractivity (Wildman–Crippen MR) is 50.2 cm³/mol. The lowest BCUT2D eigenvalue weighted by Gasteiger charge is -2.03. The number of aliphatic hydroxyl groups is 2. The SMILES string of the molecule is O=P(O)(O)OP(=O)(O)O.OCCOCCO. The van der Waals surface area contributed by atoms with Crippen molar-refractivity contribution in [2.45, 2.75) is 0 Å². The highest BCUT2D eigenvalue weighted by atomic mass is 31.3. The van der Waals surface area contributed by atoms with Crippen LogP contribution in [-0.4, -0.2) is 56.2 Å². The Bertz CT molecular complexity index is 217. The van der Waals surface area contributed by atoms with Crippen molar-refractivity contribution in [2.75, 3.05) is 26.4 Å². The summed E-state index contributed by atoms with van der Waals surface area (Å²) in [6.45, 7) is 0.696. The lowest BCUT2D eigenvalue weighted by molar-refractivity contribution is 0.0650. The van der Waals surface area contributed by atoms with Gasteiger partial charge in [0.15, 0.2) is 0 Å². The molecule has 0 saturated heterocycles. The van der Waals surface area contributed by atoms with Crippen molar-refractivity contribution in [1.82, 2.24) is 0 Å². The van der Waals surface area contributed by atoms with E-state index in [1.165, 1.54) is 0 Å². The van der Waals surface area contributed by atoms with Gasteiger partial charge in [-0.1, -0.05) is 0 Å². The van der Waals surface area contributed by atoms with Crippen LogP contribution < -0.4 is 0 Å². The Labute approximate surface area is 90.9 Å². The first-order valence-electron chi connectivity index (χ1n) is 3.74. The molecule has 10 nitrogen and oxygen atoms in total. The molecular weight excluding hydrogens is 270 g/mol. The van der Waals surface area contributed by atoms with Crippen molar-refractivity contribution < 1.29 is 48.0 Å². The molecule has 0 radical (unpaired) electrons. The van der Waals surface area contributed by atoms with Gasteiger partial charge in [0.25, 0.3) is 0 Å². The zero-order valence-corrected chi connectivity index (χ0v) is 9.83. The Hall–Kier alpha value is 0.140. The van der Waals surface area contributed by atoms with E-state index in [0.29, 0.717) is 13.2 Å². The molecule has 0 heterocycles. The predicted octanol–water partition coefficient (Wildman–Crippen LogP) is -1.82. The van der Waals surface area contributed by atoms with Crippen LogP contribution in [0, 0.1) is 0 Å². The first-order valence-corrected chi connectivity index (χ1v) is 6.80. The van der Waals surface area contributed by atoms with Gasteiger partial charge in [-0.2, -0.15) is 4.31 Å². The molecule has 0 aromatic carbocycles. The largest absolute Gasteiger partial charge is 0.478 e. The van der Waals surface area contributed by atoms with Gasteiger partial charge in [0, 0.05) is 0 Å². The summed E-state index contributed by atoms with van der Waals surface area (Å²) in [5.41, 5.74) is 0. The fraction of sp³-hybridized carbons (Fsp3) is 1.00. The van der Waals surface area contributed by atoms with E-state index in [9.17, 15) is 9.13 Å². The van der Waals surface area contributed by atoms with Crippen LogP contribution in [0.2, 0.25) is 0 Å². The summed E-state index contributed by atoms with van der Waals surface area (Å²) in [5, 5.41) is 16.2. The highest BCUT2D eigenvalue weighted by molar-refractivity contribution is 7.60. The monoisotopic (exact) mass is 284 g/mol. The Morgan fingerprint density at radius 2 is 1.12 bits per heavy atom. The van der Waals surface area contributed by atoms with Crippen LogP contribution in [0.4, 0.5) is 0 Å². The second kappa shape index (κ2) is 9.20. The maximum Gasteiger partial charge on any atom is 0.478 e. The zero-order valence-electron chi connectivity index (χ0n) is 8.04. The third-order valence-corrected chi connectivity index (χ3v) is 2.39. The first-order chi connectivity index (χ1) is 7.12. The topological polar surface area (TPSA) is 174 Å². The van der Waals surface area contributed by atoms with Crippen LogP contribution in [0.15, 0.2) is 0 Å². The van der Waals surface area contributed by atoms with Crippen LogP contribution in [0.5, 0.6) is 0 Å². The highest BCUT2D eigenvalue weighted by Gasteiger charge is 2.27. The van der Waals surface area contributed by atoms with Gasteiger partial charge in [-0.15, -0.1) is 0 Å². The van der Waals surface area contributed by atoms with Gasteiger partial charge in [0.2, 0.25) is 0 Å². The summed E-state index contributed by atoms with van der Waals surface area (Å²) in [4.78, 5) is 31.0. The minimum atomic E-state index is -5.05. The van der Waals surface area contributed by atoms with Crippen LogP contribution in [0.25, 0.3) is 0 Å². The summed E-state index contributed by atoms with van der Waals surface area (Å²) in [6, 6.07) is 0. The Balaban J connectivity index is 0. The maximum atomic E-state index is 9.63. The number of rotatable bonds is 6. The average Bonchev–Trinajstić information content (AvgIpc) is 1.99. The summed E-state index contributed by atoms with van der Waals surface area (Å²) in [5.74, 6) is 0. The van der Waals surface area contributed by atoms with E-state index in [-0.39, 0.29) is 13.2 Å². The molecule has 0 atom stereocenters. The van der Waals surface area contributed by atoms with Crippen molar-refractivity contribution in [3.05, 3.63) is 0 Å². The van der Waals surface area contributed by atoms with Gasteiger partial charge in [0.05, 0.1) is 26.4 Å². The molecule has 0 unspecified atom stereocenters. The molecule has 0 aromatic rings. The Morgan fingerprint density at radius 1 is 0.812 bits per heavy atom. The van der Waals surface area contributed by atoms with Gasteiger partial charge in [-0.3, -0.25) is 0 Å². The minimum absolute atomic E-state index is 0.0278. The van der Waals surface area contributed by atoms with Gasteiger partial charge in [-0.05, 0) is 0 Å². The summed E-state index contributed by atoms with van der Waals surface area (Å²) >= 11 is 0. The smallest absolute Gasteiger partial charge is 0.394 e. The molecule has 100 valence electrons. The quantitative estimate of drug-likeness (QED) is 0.240. The van der Waals surface area contributed by atoms with Crippen molar-refractivity contribution in [3.8, 4) is 0 Å². The normalized spacial score (nSPS) is 11.9. The van der Waals surface area contributed by atoms with E-state index < -0.39 is 15.6 Å². The van der Waals surface area contributed by atoms with Crippen molar-refractivity contribution in [3.63, 3.8) is 0 Å². The van der Waals surface area contributed by atoms with Gasteiger partial charge >= 0.3 is 15.6 Å². The molecule has 6 N–H and O–H groups in total. The Kier molecular flexibility index (Phi) is 10.6. The summed E-state index contributed by atoms with van der Waals surface area (Å²) < 4.78 is 26.8. The second-order valence-electron chi connectivity index (χ2n) is 2.12. The van der Waals surface area contributed by atoms with E-state index in [2.05, 4.69) is 9.05 Å². The number of ether oxygens (including phenoxy) is 1. The Morgan fingerprint density at radius 3 is 1.25 bits per heavy atom. The maximum absolute atomic E-state index is 9.63. The minimum Gasteiger partial charge on any atom is -0.394 e. The first kappa shape index (κ1) is 18.5. The standard InChI is InChI=1S/C4H10O3.H4O7P2/c5-1-3-7-4-2-6;1-8(2,3)7-9(4,5)6/h5-6H,1-4H2;(H2,1,2,3)(H2,4,5,6). The lowest BCUT2D eigenvalue weighted by Crippen LogP contribution is -2.03. The molecule has 16 heavy (non-hydrogen) atoms. The molecular formula is C4H14O10P2. The highest BCUT2D eigenvalue weighted by Crippen LogP contribution is 2.53. The van der Waals surface area contributed by atoms with Crippen molar-refractivity contribution in [1.29, 1.82) is 0 Å². The van der Waals surface area contributed by atoms with Gasteiger partial charge in [0.1, 0.15) is 0 Å². The van der Waals surface area contributed by atoms with E-state index in [0.717, 1.165) is 0 Å². The number of hydrogen-bond donors (Lipinski definition) is 6. The molecule has 0 aromatic heterocycles. The summed E-state index contributed by atoms with van der Waals surface area (Å²) in [7, 11) is -10.1. The van der Waals surface area contributed by atoms with Gasteiger partial charge < -0.3 is 34.5 Å². The lowest BCUT2D eigenvalue weighted by atomic mass is 10.7. The molecule has 0 aliphatic rings. The number of hydrogen-bond acceptors (Lipinski definition) is 6. The number of phosphoric acid groups is 2. The molecule has 0 spiro atoms. The summed E-state index contributed by atoms with van der Waals surface area (Å²) in [6.07, 6.45) is 0. The van der Waals surface area contributed by atoms with Crippen molar-refractivity contribution >= 4 is 15.6 Å². The third kappa shape index (κ3) is 23.7. The van der Waals surface area contributed by atoms with Crippen LogP contribution in [-0.2, 0) is 18.2 Å². The van der Waals surface area contributed by atoms with Crippen LogP contribution in [0.1, 0.15) is 0 Å². The van der Waals surface area contributed by atoms with E-state index >= 15 is 0 Å². The van der Waals surface area contributed by atoms with E-state index in [1.807, 2.05) is 0 Å². The van der Waals surface area contributed by atoms with E-state index in [4.69, 9.17) is 29.8 Å². The molecule has 0 fully saturated rings.